The molecule has 2 rings (SSSR count). The third kappa shape index (κ3) is 9.28. The molecule has 2 aromatic carbocycles. The molecular formula is C19H24Au2NPS2. The molecule has 0 aliphatic heterocycles. The first-order chi connectivity index (χ1) is 10.9. The van der Waals surface area contributed by atoms with Crippen LogP contribution in [0.25, 0.3) is 0 Å². The summed E-state index contributed by atoms with van der Waals surface area (Å²) >= 11 is 9.51. The number of hydrogen-bond donors (Lipinski definition) is 0. The smallest absolute Gasteiger partial charge is 0.411 e. The first-order valence-electron chi connectivity index (χ1n) is 7.58. The minimum Gasteiger partial charge on any atom is -0.411 e. The third-order valence-electron chi connectivity index (χ3n) is 3.52. The summed E-state index contributed by atoms with van der Waals surface area (Å²) in [5.41, 5.74) is 0. The Bertz CT molecular complexity index is 549. The van der Waals surface area contributed by atoms with Crippen LogP contribution < -0.4 is 10.6 Å². The minimum absolute atomic E-state index is 0. The number of hydrogen-bond acceptors (Lipinski definition) is 2. The fourth-order valence-electron chi connectivity index (χ4n) is 2.06. The summed E-state index contributed by atoms with van der Waals surface area (Å²) in [6, 6.07) is 20.7. The van der Waals surface area contributed by atoms with Gasteiger partial charge in [-0.1, -0.05) is 40.7 Å². The average Bonchev–Trinajstić information content (AvgIpc) is 2.58. The van der Waals surface area contributed by atoms with E-state index < -0.39 is 7.26 Å². The topological polar surface area (TPSA) is 3.24 Å². The molecule has 0 aliphatic carbocycles. The first-order valence-corrected chi connectivity index (χ1v) is 10.6. The monoisotopic (exact) mass is 755 g/mol. The van der Waals surface area contributed by atoms with Gasteiger partial charge in [0.1, 0.15) is 0 Å². The van der Waals surface area contributed by atoms with Crippen LogP contribution in [-0.4, -0.2) is 22.3 Å². The second-order valence-corrected chi connectivity index (χ2v) is 9.08. The van der Waals surface area contributed by atoms with E-state index in [0.717, 1.165) is 13.1 Å². The van der Waals surface area contributed by atoms with Crippen LogP contribution in [0.2, 0.25) is 0 Å². The van der Waals surface area contributed by atoms with Crippen molar-refractivity contribution in [2.75, 3.05) is 13.1 Å². The number of thiocarbonyl (C=S) groups is 1. The van der Waals surface area contributed by atoms with Gasteiger partial charge >= 0.3 is 44.8 Å². The molecule has 144 valence electrons. The van der Waals surface area contributed by atoms with Gasteiger partial charge in [0.15, 0.2) is 0 Å². The molecule has 0 saturated heterocycles. The maximum absolute atomic E-state index is 4.76. The molecule has 0 fully saturated rings. The SMILES string of the molecule is CCN(CC)C(=S)[S-].[Au+].[Au+].[CH2-][P+]([CH2-])(c1ccccc1)c1ccccc1. The Labute approximate surface area is 196 Å². The summed E-state index contributed by atoms with van der Waals surface area (Å²) in [7, 11) is -1.65. The molecule has 0 radical (unpaired) electrons. The predicted octanol–water partition coefficient (Wildman–Crippen LogP) is 4.39. The second-order valence-electron chi connectivity index (χ2n) is 5.08. The summed E-state index contributed by atoms with van der Waals surface area (Å²) in [5, 5.41) is 2.49. The largest absolute Gasteiger partial charge is 1.00 e. The van der Waals surface area contributed by atoms with Crippen molar-refractivity contribution in [3.63, 3.8) is 0 Å². The molecule has 2 aromatic rings. The Morgan fingerprint density at radius 1 is 0.880 bits per heavy atom. The van der Waals surface area contributed by atoms with E-state index in [2.05, 4.69) is 37.6 Å². The van der Waals surface area contributed by atoms with E-state index in [9.17, 15) is 0 Å². The Hall–Kier alpha value is 0.461. The standard InChI is InChI=1S/C14H14P.C5H11NS2.2Au/c1-15(2,13-9-5-3-6-10-13)14-11-7-4-8-12-14;1-3-6(4-2)5(7)8;;/h3-12H,1-2H2;3-4H2,1-2H3,(H,7,8);;/q-1;;2*+1/p-1. The summed E-state index contributed by atoms with van der Waals surface area (Å²) in [6.07, 6.45) is 0. The summed E-state index contributed by atoms with van der Waals surface area (Å²) < 4.78 is 0.579. The number of benzene rings is 2. The Kier molecular flexibility index (Phi) is 16.1. The zero-order valence-electron chi connectivity index (χ0n) is 14.4. The van der Waals surface area contributed by atoms with Gasteiger partial charge in [0.05, 0.1) is 0 Å². The van der Waals surface area contributed by atoms with E-state index >= 15 is 0 Å². The molecule has 25 heavy (non-hydrogen) atoms. The van der Waals surface area contributed by atoms with E-state index in [1.807, 2.05) is 55.1 Å². The van der Waals surface area contributed by atoms with E-state index in [4.69, 9.17) is 24.8 Å². The number of rotatable bonds is 4. The van der Waals surface area contributed by atoms with Crippen LogP contribution in [0.3, 0.4) is 0 Å². The summed E-state index contributed by atoms with van der Waals surface area (Å²) in [6.45, 7) is 14.6. The van der Waals surface area contributed by atoms with Gasteiger partial charge in [-0.2, -0.15) is 20.6 Å². The van der Waals surface area contributed by atoms with Crippen molar-refractivity contribution in [3.8, 4) is 0 Å². The fraction of sp³-hybridized carbons (Fsp3) is 0.211. The van der Waals surface area contributed by atoms with E-state index in [0.29, 0.717) is 4.32 Å². The quantitative estimate of drug-likeness (QED) is 0.150. The maximum atomic E-state index is 4.76. The van der Waals surface area contributed by atoms with Crippen LogP contribution in [0, 0.1) is 13.3 Å². The van der Waals surface area contributed by atoms with Gasteiger partial charge in [-0.25, -0.2) is 0 Å². The van der Waals surface area contributed by atoms with Gasteiger partial charge in [0, 0.05) is 23.7 Å². The van der Waals surface area contributed by atoms with Crippen LogP contribution in [0.4, 0.5) is 0 Å². The third-order valence-corrected chi connectivity index (χ3v) is 6.61. The predicted molar refractivity (Wildman–Crippen MR) is 113 cm³/mol. The summed E-state index contributed by atoms with van der Waals surface area (Å²) in [4.78, 5) is 1.96. The molecule has 0 aliphatic rings. The van der Waals surface area contributed by atoms with Crippen LogP contribution in [0.1, 0.15) is 13.8 Å². The van der Waals surface area contributed by atoms with Crippen molar-refractivity contribution in [1.29, 1.82) is 0 Å². The minimum atomic E-state index is -1.65. The maximum Gasteiger partial charge on any atom is 1.00 e. The molecule has 0 saturated carbocycles. The zero-order chi connectivity index (χ0) is 17.3. The molecule has 0 heterocycles. The van der Waals surface area contributed by atoms with Gasteiger partial charge in [-0.05, 0) is 38.1 Å². The molecule has 0 aromatic heterocycles. The van der Waals surface area contributed by atoms with Gasteiger partial charge in [-0.15, -0.1) is 0 Å². The van der Waals surface area contributed by atoms with Gasteiger partial charge < -0.3 is 29.7 Å². The first kappa shape index (κ1) is 27.7. The van der Waals surface area contributed by atoms with Gasteiger partial charge in [-0.3, -0.25) is 0 Å². The summed E-state index contributed by atoms with van der Waals surface area (Å²) in [5.74, 6) is 0. The van der Waals surface area contributed by atoms with Gasteiger partial charge in [0.25, 0.3) is 0 Å². The fourth-order valence-corrected chi connectivity index (χ4v) is 4.36. The molecule has 0 unspecified atom stereocenters. The van der Waals surface area contributed by atoms with Crippen LogP contribution >= 0.6 is 19.5 Å². The van der Waals surface area contributed by atoms with Crippen molar-refractivity contribution in [3.05, 3.63) is 74.0 Å². The number of nitrogens with zero attached hydrogens (tertiary/aromatic N) is 1. The second kappa shape index (κ2) is 14.5. The Morgan fingerprint density at radius 3 is 1.40 bits per heavy atom. The van der Waals surface area contributed by atoms with Crippen molar-refractivity contribution in [2.24, 2.45) is 0 Å². The molecule has 0 bridgehead atoms. The van der Waals surface area contributed by atoms with E-state index in [1.165, 1.54) is 10.6 Å². The molecular weight excluding hydrogens is 731 g/mol. The average molecular weight is 755 g/mol. The van der Waals surface area contributed by atoms with E-state index in [1.54, 1.807) is 0 Å². The van der Waals surface area contributed by atoms with Crippen molar-refractivity contribution in [1.82, 2.24) is 4.90 Å². The van der Waals surface area contributed by atoms with Crippen LogP contribution in [-0.2, 0) is 57.4 Å². The van der Waals surface area contributed by atoms with E-state index in [-0.39, 0.29) is 44.8 Å². The molecule has 0 amide bonds. The van der Waals surface area contributed by atoms with Crippen LogP contribution in [0.15, 0.2) is 60.7 Å². The molecule has 0 atom stereocenters. The van der Waals surface area contributed by atoms with Crippen molar-refractivity contribution < 1.29 is 44.8 Å². The van der Waals surface area contributed by atoms with Gasteiger partial charge in [0.2, 0.25) is 0 Å². The van der Waals surface area contributed by atoms with Crippen molar-refractivity contribution >= 4 is 47.0 Å². The molecule has 6 heteroatoms. The molecule has 0 N–H and O–H groups in total. The molecule has 1 nitrogen and oxygen atoms in total. The Balaban J connectivity index is 0. The zero-order valence-corrected chi connectivity index (χ0v) is 21.3. The normalized spacial score (nSPS) is 9.60. The van der Waals surface area contributed by atoms with Crippen LogP contribution in [0.5, 0.6) is 0 Å². The van der Waals surface area contributed by atoms with Crippen molar-refractivity contribution in [2.45, 2.75) is 13.8 Å². The Morgan fingerprint density at radius 2 is 1.20 bits per heavy atom. The molecule has 0 spiro atoms.